The monoisotopic (exact) mass is 579 g/mol. The summed E-state index contributed by atoms with van der Waals surface area (Å²) in [6.45, 7) is 11.1. The summed E-state index contributed by atoms with van der Waals surface area (Å²) in [5.41, 5.74) is 15.4. The van der Waals surface area contributed by atoms with Crippen LogP contribution in [-0.4, -0.2) is 0 Å². The first-order valence-electron chi connectivity index (χ1n) is 15.9. The second kappa shape index (κ2) is 10.2. The zero-order chi connectivity index (χ0) is 30.9. The van der Waals surface area contributed by atoms with Crippen molar-refractivity contribution in [1.82, 2.24) is 0 Å². The first-order chi connectivity index (χ1) is 21.7. The third kappa shape index (κ3) is 4.80. The molecule has 45 heavy (non-hydrogen) atoms. The molecule has 8 rings (SSSR count). The van der Waals surface area contributed by atoms with Gasteiger partial charge in [-0.05, 0) is 158 Å². The minimum atomic E-state index is 0.155. The minimum absolute atomic E-state index is 0.155. The number of rotatable bonds is 4. The van der Waals surface area contributed by atoms with Gasteiger partial charge in [0.05, 0.1) is 0 Å². The molecule has 0 aliphatic heterocycles. The Kier molecular flexibility index (Phi) is 6.22. The van der Waals surface area contributed by atoms with Crippen molar-refractivity contribution >= 4 is 38.6 Å². The summed E-state index contributed by atoms with van der Waals surface area (Å²) in [5.74, 6) is 0. The molecule has 0 unspecified atom stereocenters. The van der Waals surface area contributed by atoms with Crippen LogP contribution in [0.1, 0.15) is 37.5 Å². The van der Waals surface area contributed by atoms with Gasteiger partial charge in [0.15, 0.2) is 0 Å². The van der Waals surface area contributed by atoms with Crippen molar-refractivity contribution in [1.29, 1.82) is 0 Å². The molecule has 0 N–H and O–H groups in total. The Morgan fingerprint density at radius 3 is 1.40 bits per heavy atom. The van der Waals surface area contributed by atoms with E-state index in [0.29, 0.717) is 0 Å². The van der Waals surface area contributed by atoms with Crippen LogP contribution in [0, 0.1) is 13.8 Å². The molecule has 7 aromatic rings. The van der Waals surface area contributed by atoms with Crippen molar-refractivity contribution < 1.29 is 0 Å². The SMILES string of the molecule is Cc1cccc(N(c2cccc(C)c2)c2ccc3cc4c(cc3c2)-c2cc3cc(-c5ccc(C(C)(C)C)cc5)ccc3cc2-4)c1. The van der Waals surface area contributed by atoms with Gasteiger partial charge in [-0.3, -0.25) is 0 Å². The number of hydrogen-bond acceptors (Lipinski definition) is 1. The van der Waals surface area contributed by atoms with E-state index in [-0.39, 0.29) is 5.41 Å². The standard InChI is InChI=1S/C44H37N/c1-28-8-6-10-37(20-28)45(38-11-7-9-29(2)21-38)39-19-16-33-25-41-40-24-32-13-12-31(30-14-17-36(18-15-30)44(3,4)5)22-34(32)26-42(40)43(41)27-35(33)23-39/h6-27H,1-5H3. The largest absolute Gasteiger partial charge is 0.310 e. The Balaban J connectivity index is 1.19. The van der Waals surface area contributed by atoms with Crippen LogP contribution in [0.5, 0.6) is 0 Å². The quantitative estimate of drug-likeness (QED) is 0.200. The molecule has 0 fully saturated rings. The highest BCUT2D eigenvalue weighted by atomic mass is 15.1. The first-order valence-corrected chi connectivity index (χ1v) is 15.9. The van der Waals surface area contributed by atoms with Gasteiger partial charge in [0.1, 0.15) is 0 Å². The zero-order valence-corrected chi connectivity index (χ0v) is 26.6. The molecule has 0 amide bonds. The van der Waals surface area contributed by atoms with Crippen molar-refractivity contribution in [3.8, 4) is 33.4 Å². The summed E-state index contributed by atoms with van der Waals surface area (Å²) in [5, 5.41) is 5.10. The fourth-order valence-electron chi connectivity index (χ4n) is 6.87. The normalized spacial score (nSPS) is 12.1. The van der Waals surface area contributed by atoms with Gasteiger partial charge in [-0.15, -0.1) is 0 Å². The molecule has 0 aromatic heterocycles. The molecule has 0 heterocycles. The van der Waals surface area contributed by atoms with Crippen LogP contribution in [0.4, 0.5) is 17.1 Å². The van der Waals surface area contributed by atoms with Gasteiger partial charge in [-0.1, -0.05) is 87.5 Å². The van der Waals surface area contributed by atoms with E-state index < -0.39 is 0 Å². The van der Waals surface area contributed by atoms with Crippen molar-refractivity contribution in [2.75, 3.05) is 4.90 Å². The van der Waals surface area contributed by atoms with E-state index in [9.17, 15) is 0 Å². The van der Waals surface area contributed by atoms with Gasteiger partial charge < -0.3 is 4.90 Å². The van der Waals surface area contributed by atoms with Gasteiger partial charge >= 0.3 is 0 Å². The molecule has 0 spiro atoms. The molecule has 7 aromatic carbocycles. The smallest absolute Gasteiger partial charge is 0.0468 e. The maximum atomic E-state index is 2.39. The molecule has 0 saturated carbocycles. The van der Waals surface area contributed by atoms with Crippen molar-refractivity contribution in [2.45, 2.75) is 40.0 Å². The van der Waals surface area contributed by atoms with Crippen molar-refractivity contribution in [3.63, 3.8) is 0 Å². The summed E-state index contributed by atoms with van der Waals surface area (Å²) < 4.78 is 0. The highest BCUT2D eigenvalue weighted by molar-refractivity contribution is 6.12. The summed E-state index contributed by atoms with van der Waals surface area (Å²) in [6.07, 6.45) is 0. The van der Waals surface area contributed by atoms with E-state index in [1.165, 1.54) is 88.7 Å². The van der Waals surface area contributed by atoms with Crippen molar-refractivity contribution in [3.05, 3.63) is 150 Å². The maximum absolute atomic E-state index is 2.39. The summed E-state index contributed by atoms with van der Waals surface area (Å²) >= 11 is 0. The molecule has 218 valence electrons. The number of nitrogens with zero attached hydrogens (tertiary/aromatic N) is 1. The number of benzene rings is 7. The van der Waals surface area contributed by atoms with Gasteiger partial charge in [-0.2, -0.15) is 0 Å². The van der Waals surface area contributed by atoms with Crippen molar-refractivity contribution in [2.24, 2.45) is 0 Å². The lowest BCUT2D eigenvalue weighted by atomic mass is 9.77. The molecule has 0 radical (unpaired) electrons. The highest BCUT2D eigenvalue weighted by Crippen LogP contribution is 2.51. The average molecular weight is 580 g/mol. The van der Waals surface area contributed by atoms with Crippen LogP contribution >= 0.6 is 0 Å². The Morgan fingerprint density at radius 2 is 0.867 bits per heavy atom. The van der Waals surface area contributed by atoms with Gasteiger partial charge in [0.25, 0.3) is 0 Å². The number of fused-ring (bicyclic) bond motifs is 6. The van der Waals surface area contributed by atoms with E-state index in [1.807, 2.05) is 0 Å². The third-order valence-electron chi connectivity index (χ3n) is 9.38. The molecule has 0 bridgehead atoms. The summed E-state index contributed by atoms with van der Waals surface area (Å²) in [7, 11) is 0. The fourth-order valence-corrected chi connectivity index (χ4v) is 6.87. The van der Waals surface area contributed by atoms with Crippen LogP contribution < -0.4 is 4.90 Å². The minimum Gasteiger partial charge on any atom is -0.310 e. The van der Waals surface area contributed by atoms with Gasteiger partial charge in [0, 0.05) is 17.1 Å². The lowest BCUT2D eigenvalue weighted by molar-refractivity contribution is 0.590. The molecular formula is C44H37N. The Morgan fingerprint density at radius 1 is 0.400 bits per heavy atom. The predicted molar refractivity (Wildman–Crippen MR) is 194 cm³/mol. The predicted octanol–water partition coefficient (Wildman–Crippen LogP) is 12.7. The number of hydrogen-bond donors (Lipinski definition) is 0. The second-order valence-corrected chi connectivity index (χ2v) is 13.7. The highest BCUT2D eigenvalue weighted by Gasteiger charge is 2.24. The fraction of sp³-hybridized carbons (Fsp3) is 0.136. The van der Waals surface area contributed by atoms with Crippen LogP contribution in [-0.2, 0) is 5.41 Å². The zero-order valence-electron chi connectivity index (χ0n) is 26.6. The van der Waals surface area contributed by atoms with Gasteiger partial charge in [-0.25, -0.2) is 0 Å². The van der Waals surface area contributed by atoms with E-state index in [4.69, 9.17) is 0 Å². The summed E-state index contributed by atoms with van der Waals surface area (Å²) in [6, 6.07) is 49.9. The Labute approximate surface area is 266 Å². The van der Waals surface area contributed by atoms with Crippen LogP contribution in [0.15, 0.2) is 133 Å². The maximum Gasteiger partial charge on any atom is 0.0468 e. The Bertz CT molecular complexity index is 2220. The van der Waals surface area contributed by atoms with Crippen LogP contribution in [0.2, 0.25) is 0 Å². The lowest BCUT2D eigenvalue weighted by Gasteiger charge is -2.28. The van der Waals surface area contributed by atoms with Gasteiger partial charge in [0.2, 0.25) is 0 Å². The molecule has 0 atom stereocenters. The molecule has 1 aliphatic carbocycles. The molecule has 1 aliphatic rings. The van der Waals surface area contributed by atoms with E-state index >= 15 is 0 Å². The molecule has 0 saturated heterocycles. The van der Waals surface area contributed by atoms with Crippen LogP contribution in [0.3, 0.4) is 0 Å². The molecule has 1 heteroatoms. The summed E-state index contributed by atoms with van der Waals surface area (Å²) in [4.78, 5) is 2.37. The molecule has 1 nitrogen and oxygen atoms in total. The van der Waals surface area contributed by atoms with E-state index in [0.717, 1.165) is 0 Å². The van der Waals surface area contributed by atoms with E-state index in [2.05, 4.69) is 173 Å². The number of anilines is 3. The molecular weight excluding hydrogens is 542 g/mol. The average Bonchev–Trinajstić information content (AvgIpc) is 3.03. The van der Waals surface area contributed by atoms with Crippen LogP contribution in [0.25, 0.3) is 54.9 Å². The number of aryl methyl sites for hydroxylation is 2. The second-order valence-electron chi connectivity index (χ2n) is 13.7. The third-order valence-corrected chi connectivity index (χ3v) is 9.38. The first kappa shape index (κ1) is 27.4. The Hall–Kier alpha value is -5.14. The topological polar surface area (TPSA) is 3.24 Å². The lowest BCUT2D eigenvalue weighted by Crippen LogP contribution is -2.10. The van der Waals surface area contributed by atoms with E-state index in [1.54, 1.807) is 0 Å².